The summed E-state index contributed by atoms with van der Waals surface area (Å²) in [6.45, 7) is 10.5. The first kappa shape index (κ1) is 17.0. The summed E-state index contributed by atoms with van der Waals surface area (Å²) in [4.78, 5) is 25.2. The topological polar surface area (TPSA) is 67.2 Å². The lowest BCUT2D eigenvalue weighted by atomic mass is 9.92. The summed E-state index contributed by atoms with van der Waals surface area (Å²) in [7, 11) is 1.70. The molecule has 0 spiro atoms. The van der Waals surface area contributed by atoms with Crippen LogP contribution in [-0.2, 0) is 12.5 Å². The van der Waals surface area contributed by atoms with Crippen LogP contribution in [0.25, 0.3) is 0 Å². The summed E-state index contributed by atoms with van der Waals surface area (Å²) in [6.07, 6.45) is 1.69. The van der Waals surface area contributed by atoms with Gasteiger partial charge in [0.15, 0.2) is 0 Å². The third-order valence-electron chi connectivity index (χ3n) is 5.50. The largest absolute Gasteiger partial charge is 0.356 e. The van der Waals surface area contributed by atoms with Crippen LogP contribution in [0.5, 0.6) is 0 Å². The highest BCUT2D eigenvalue weighted by molar-refractivity contribution is 5.45. The van der Waals surface area contributed by atoms with Crippen molar-refractivity contribution in [3.05, 3.63) is 40.6 Å². The molecular weight excluding hydrogens is 328 g/mol. The molecule has 2 aliphatic heterocycles. The molecule has 2 fully saturated rings. The van der Waals surface area contributed by atoms with Crippen molar-refractivity contribution < 1.29 is 0 Å². The molecule has 2 saturated heterocycles. The fraction of sp³-hybridized carbons (Fsp3) is 0.579. The van der Waals surface area contributed by atoms with Gasteiger partial charge < -0.3 is 9.80 Å². The van der Waals surface area contributed by atoms with Crippen molar-refractivity contribution in [2.45, 2.75) is 26.2 Å². The maximum atomic E-state index is 11.5. The Hall–Kier alpha value is -2.44. The number of hydrogen-bond donors (Lipinski definition) is 0. The van der Waals surface area contributed by atoms with Crippen molar-refractivity contribution >= 4 is 11.6 Å². The second-order valence-corrected chi connectivity index (χ2v) is 8.49. The van der Waals surface area contributed by atoms with Crippen molar-refractivity contribution in [3.63, 3.8) is 0 Å². The average molecular weight is 354 g/mol. The molecule has 7 nitrogen and oxygen atoms in total. The van der Waals surface area contributed by atoms with Gasteiger partial charge in [0.2, 0.25) is 0 Å². The molecule has 2 unspecified atom stereocenters. The van der Waals surface area contributed by atoms with E-state index < -0.39 is 0 Å². The van der Waals surface area contributed by atoms with E-state index in [0.29, 0.717) is 11.8 Å². The van der Waals surface area contributed by atoms with E-state index in [2.05, 4.69) is 51.7 Å². The third-order valence-corrected chi connectivity index (χ3v) is 5.50. The Morgan fingerprint density at radius 3 is 2.15 bits per heavy atom. The molecule has 0 radical (unpaired) electrons. The predicted molar refractivity (Wildman–Crippen MR) is 102 cm³/mol. The zero-order valence-corrected chi connectivity index (χ0v) is 15.9. The molecule has 2 atom stereocenters. The van der Waals surface area contributed by atoms with E-state index in [1.165, 1.54) is 4.68 Å². The number of anilines is 2. The molecule has 0 saturated carbocycles. The first-order chi connectivity index (χ1) is 12.3. The van der Waals surface area contributed by atoms with E-state index in [4.69, 9.17) is 0 Å². The zero-order chi connectivity index (χ0) is 18.5. The van der Waals surface area contributed by atoms with E-state index in [9.17, 15) is 4.79 Å². The zero-order valence-electron chi connectivity index (χ0n) is 15.9. The lowest BCUT2D eigenvalue weighted by Crippen LogP contribution is -2.31. The molecule has 2 aromatic rings. The molecule has 2 aliphatic rings. The van der Waals surface area contributed by atoms with Crippen LogP contribution >= 0.6 is 0 Å². The lowest BCUT2D eigenvalue weighted by Gasteiger charge is -2.24. The highest BCUT2D eigenvalue weighted by Gasteiger charge is 2.41. The summed E-state index contributed by atoms with van der Waals surface area (Å²) in [6, 6.07) is 5.56. The van der Waals surface area contributed by atoms with Gasteiger partial charge in [-0.2, -0.15) is 5.10 Å². The van der Waals surface area contributed by atoms with Gasteiger partial charge in [-0.05, 0) is 6.07 Å². The van der Waals surface area contributed by atoms with Gasteiger partial charge in [-0.3, -0.25) is 4.79 Å². The van der Waals surface area contributed by atoms with Crippen LogP contribution in [0.15, 0.2) is 29.3 Å². The Morgan fingerprint density at radius 2 is 1.58 bits per heavy atom. The molecule has 0 aromatic carbocycles. The number of rotatable bonds is 2. The van der Waals surface area contributed by atoms with Crippen molar-refractivity contribution in [3.8, 4) is 0 Å². The Labute approximate surface area is 153 Å². The van der Waals surface area contributed by atoms with Gasteiger partial charge in [-0.1, -0.05) is 20.8 Å². The summed E-state index contributed by atoms with van der Waals surface area (Å²) in [5.74, 6) is 3.13. The summed E-state index contributed by atoms with van der Waals surface area (Å²) >= 11 is 0. The van der Waals surface area contributed by atoms with Crippen molar-refractivity contribution in [1.29, 1.82) is 0 Å². The molecule has 4 heterocycles. The van der Waals surface area contributed by atoms with Gasteiger partial charge in [0.1, 0.15) is 18.0 Å². The standard InChI is InChI=1S/C19H26N6O/c1-19(2,3)15-7-17(21-12-20-15)25-10-13-8-24(9-14(13)11-25)16-5-6-18(26)23(4)22-16/h5-7,12-14H,8-11H2,1-4H3. The van der Waals surface area contributed by atoms with E-state index in [0.717, 1.165) is 43.5 Å². The maximum absolute atomic E-state index is 11.5. The Kier molecular flexibility index (Phi) is 3.97. The Morgan fingerprint density at radius 1 is 0.962 bits per heavy atom. The number of aryl methyl sites for hydroxylation is 1. The van der Waals surface area contributed by atoms with Gasteiger partial charge >= 0.3 is 0 Å². The quantitative estimate of drug-likeness (QED) is 0.813. The van der Waals surface area contributed by atoms with Crippen LogP contribution in [0.4, 0.5) is 11.6 Å². The van der Waals surface area contributed by atoms with E-state index in [1.807, 2.05) is 6.07 Å². The average Bonchev–Trinajstić information content (AvgIpc) is 3.16. The first-order valence-electron chi connectivity index (χ1n) is 9.18. The van der Waals surface area contributed by atoms with Crippen molar-refractivity contribution in [2.24, 2.45) is 18.9 Å². The normalized spacial score (nSPS) is 22.8. The van der Waals surface area contributed by atoms with Crippen LogP contribution < -0.4 is 15.4 Å². The van der Waals surface area contributed by atoms with Gasteiger partial charge in [0, 0.05) is 62.6 Å². The SMILES string of the molecule is Cn1nc(N2CC3CN(c4cc(C(C)(C)C)ncn4)CC3C2)ccc1=O. The highest BCUT2D eigenvalue weighted by Crippen LogP contribution is 2.35. The monoisotopic (exact) mass is 354 g/mol. The van der Waals surface area contributed by atoms with Crippen molar-refractivity contribution in [1.82, 2.24) is 19.7 Å². The predicted octanol–water partition coefficient (Wildman–Crippen LogP) is 1.44. The molecule has 0 N–H and O–H groups in total. The molecule has 0 aliphatic carbocycles. The minimum Gasteiger partial charge on any atom is -0.356 e. The second-order valence-electron chi connectivity index (χ2n) is 8.49. The van der Waals surface area contributed by atoms with Crippen LogP contribution in [0.1, 0.15) is 26.5 Å². The van der Waals surface area contributed by atoms with Gasteiger partial charge in [0.05, 0.1) is 5.69 Å². The van der Waals surface area contributed by atoms with Gasteiger partial charge in [0.25, 0.3) is 5.56 Å². The van der Waals surface area contributed by atoms with E-state index in [-0.39, 0.29) is 11.0 Å². The summed E-state index contributed by atoms with van der Waals surface area (Å²) in [5, 5.41) is 4.39. The number of fused-ring (bicyclic) bond motifs is 1. The van der Waals surface area contributed by atoms with E-state index >= 15 is 0 Å². The van der Waals surface area contributed by atoms with Crippen LogP contribution in [0.3, 0.4) is 0 Å². The summed E-state index contributed by atoms with van der Waals surface area (Å²) in [5.41, 5.74) is 1.03. The molecular formula is C19H26N6O. The Bertz CT molecular complexity index is 857. The highest BCUT2D eigenvalue weighted by atomic mass is 16.1. The first-order valence-corrected chi connectivity index (χ1v) is 9.18. The fourth-order valence-electron chi connectivity index (χ4n) is 3.96. The summed E-state index contributed by atoms with van der Waals surface area (Å²) < 4.78 is 1.41. The fourth-order valence-corrected chi connectivity index (χ4v) is 3.96. The lowest BCUT2D eigenvalue weighted by molar-refractivity contribution is 0.533. The molecule has 138 valence electrons. The van der Waals surface area contributed by atoms with Crippen LogP contribution in [-0.4, -0.2) is 45.9 Å². The number of aromatic nitrogens is 4. The molecule has 2 aromatic heterocycles. The molecule has 0 amide bonds. The number of hydrogen-bond acceptors (Lipinski definition) is 6. The molecule has 26 heavy (non-hydrogen) atoms. The minimum atomic E-state index is -0.0715. The van der Waals surface area contributed by atoms with E-state index in [1.54, 1.807) is 19.4 Å². The van der Waals surface area contributed by atoms with Gasteiger partial charge in [-0.25, -0.2) is 14.6 Å². The third kappa shape index (κ3) is 3.06. The second kappa shape index (κ2) is 6.07. The van der Waals surface area contributed by atoms with Crippen LogP contribution in [0.2, 0.25) is 0 Å². The van der Waals surface area contributed by atoms with Crippen molar-refractivity contribution in [2.75, 3.05) is 36.0 Å². The smallest absolute Gasteiger partial charge is 0.266 e. The number of nitrogens with zero attached hydrogens (tertiary/aromatic N) is 6. The Balaban J connectivity index is 1.47. The maximum Gasteiger partial charge on any atom is 0.266 e. The van der Waals surface area contributed by atoms with Crippen LogP contribution in [0, 0.1) is 11.8 Å². The molecule has 4 rings (SSSR count). The molecule has 7 heteroatoms. The van der Waals surface area contributed by atoms with Gasteiger partial charge in [-0.15, -0.1) is 0 Å². The molecule has 0 bridgehead atoms. The minimum absolute atomic E-state index is 0.0268.